The summed E-state index contributed by atoms with van der Waals surface area (Å²) in [6.45, 7) is 0.122. The Morgan fingerprint density at radius 1 is 1.07 bits per heavy atom. The number of aromatic nitrogens is 3. The van der Waals surface area contributed by atoms with Crippen molar-refractivity contribution in [1.82, 2.24) is 14.8 Å². The van der Waals surface area contributed by atoms with Crippen molar-refractivity contribution in [3.05, 3.63) is 71.8 Å². The van der Waals surface area contributed by atoms with E-state index in [1.165, 1.54) is 41.3 Å². The number of benzene rings is 2. The largest absolute Gasteiger partial charge is 0.416 e. The summed E-state index contributed by atoms with van der Waals surface area (Å²) < 4.78 is 52.6. The summed E-state index contributed by atoms with van der Waals surface area (Å²) in [5, 5.41) is 9.90. The summed E-state index contributed by atoms with van der Waals surface area (Å²) >= 11 is 5.12. The molecule has 3 aromatic rings. The third kappa shape index (κ3) is 5.23. The van der Waals surface area contributed by atoms with Crippen LogP contribution in [0.25, 0.3) is 0 Å². The van der Waals surface area contributed by atoms with E-state index in [9.17, 15) is 17.6 Å². The highest BCUT2D eigenvalue weighted by Crippen LogP contribution is 2.29. The van der Waals surface area contributed by atoms with Crippen LogP contribution in [-0.4, -0.2) is 19.9 Å². The van der Waals surface area contributed by atoms with Crippen LogP contribution in [0.5, 0.6) is 0 Å². The van der Waals surface area contributed by atoms with E-state index in [4.69, 9.17) is 12.2 Å². The number of hydrogen-bond acceptors (Lipinski definition) is 3. The fourth-order valence-corrected chi connectivity index (χ4v) is 2.47. The van der Waals surface area contributed by atoms with Crippen LogP contribution in [-0.2, 0) is 12.7 Å². The van der Waals surface area contributed by atoms with Crippen molar-refractivity contribution in [2.24, 2.45) is 0 Å². The molecule has 140 valence electrons. The van der Waals surface area contributed by atoms with Crippen LogP contribution >= 0.6 is 12.2 Å². The Morgan fingerprint density at radius 2 is 1.81 bits per heavy atom. The maximum absolute atomic E-state index is 12.9. The molecule has 0 aliphatic heterocycles. The molecule has 0 bridgehead atoms. The number of nitrogens with one attached hydrogen (secondary N) is 2. The van der Waals surface area contributed by atoms with Crippen LogP contribution in [0.15, 0.2) is 54.9 Å². The van der Waals surface area contributed by atoms with E-state index >= 15 is 0 Å². The maximum Gasteiger partial charge on any atom is 0.416 e. The second-order valence-corrected chi connectivity index (χ2v) is 5.96. The Morgan fingerprint density at radius 3 is 2.52 bits per heavy atom. The molecule has 2 aromatic carbocycles. The van der Waals surface area contributed by atoms with Gasteiger partial charge in [-0.05, 0) is 54.2 Å². The van der Waals surface area contributed by atoms with Gasteiger partial charge in [0.05, 0.1) is 12.1 Å². The normalized spacial score (nSPS) is 11.3. The zero-order valence-electron chi connectivity index (χ0n) is 13.7. The van der Waals surface area contributed by atoms with E-state index < -0.39 is 11.7 Å². The summed E-state index contributed by atoms with van der Waals surface area (Å²) in [4.78, 5) is 4.01. The van der Waals surface area contributed by atoms with E-state index in [-0.39, 0.29) is 23.4 Å². The van der Waals surface area contributed by atoms with Crippen molar-refractivity contribution in [1.29, 1.82) is 0 Å². The molecule has 5 nitrogen and oxygen atoms in total. The average molecular weight is 395 g/mol. The van der Waals surface area contributed by atoms with Gasteiger partial charge in [-0.3, -0.25) is 5.32 Å². The molecule has 27 heavy (non-hydrogen) atoms. The number of alkyl halides is 3. The molecule has 0 spiro atoms. The Kier molecular flexibility index (Phi) is 5.36. The molecule has 1 aromatic heterocycles. The molecule has 10 heteroatoms. The SMILES string of the molecule is Fc1ccc(NC(=S)Nc2ncn(Cc3cccc(C(F)(F)F)c3)n2)cc1. The minimum atomic E-state index is -4.40. The summed E-state index contributed by atoms with van der Waals surface area (Å²) in [5.74, 6) is -0.184. The minimum Gasteiger partial charge on any atom is -0.332 e. The highest BCUT2D eigenvalue weighted by Gasteiger charge is 2.30. The number of anilines is 2. The van der Waals surface area contributed by atoms with E-state index in [2.05, 4.69) is 20.7 Å². The molecule has 0 amide bonds. The summed E-state index contributed by atoms with van der Waals surface area (Å²) in [7, 11) is 0. The first-order valence-electron chi connectivity index (χ1n) is 7.69. The van der Waals surface area contributed by atoms with Crippen molar-refractivity contribution in [2.75, 3.05) is 10.6 Å². The van der Waals surface area contributed by atoms with Gasteiger partial charge in [-0.2, -0.15) is 13.2 Å². The van der Waals surface area contributed by atoms with E-state index in [0.29, 0.717) is 11.3 Å². The average Bonchev–Trinajstić information content (AvgIpc) is 3.03. The first kappa shape index (κ1) is 18.8. The molecular formula is C17H13F4N5S. The number of nitrogens with zero attached hydrogens (tertiary/aromatic N) is 3. The number of thiocarbonyl (C=S) groups is 1. The summed E-state index contributed by atoms with van der Waals surface area (Å²) in [5.41, 5.74) is 0.300. The summed E-state index contributed by atoms with van der Waals surface area (Å²) in [6.07, 6.45) is -3.02. The lowest BCUT2D eigenvalue weighted by atomic mass is 10.1. The molecule has 0 saturated carbocycles. The van der Waals surface area contributed by atoms with Gasteiger partial charge in [0.1, 0.15) is 12.1 Å². The van der Waals surface area contributed by atoms with Crippen molar-refractivity contribution in [3.63, 3.8) is 0 Å². The van der Waals surface area contributed by atoms with Gasteiger partial charge < -0.3 is 5.32 Å². The molecule has 0 saturated heterocycles. The van der Waals surface area contributed by atoms with Crippen LogP contribution in [0.4, 0.5) is 29.2 Å². The lowest BCUT2D eigenvalue weighted by Gasteiger charge is -2.09. The lowest BCUT2D eigenvalue weighted by molar-refractivity contribution is -0.137. The Balaban J connectivity index is 1.61. The Labute approximate surface area is 157 Å². The molecule has 3 rings (SSSR count). The third-order valence-electron chi connectivity index (χ3n) is 3.46. The highest BCUT2D eigenvalue weighted by atomic mass is 32.1. The van der Waals surface area contributed by atoms with Crippen molar-refractivity contribution >= 4 is 29.0 Å². The lowest BCUT2D eigenvalue weighted by Crippen LogP contribution is -2.20. The van der Waals surface area contributed by atoms with E-state index in [1.807, 2.05) is 0 Å². The van der Waals surface area contributed by atoms with Crippen molar-refractivity contribution in [2.45, 2.75) is 12.7 Å². The van der Waals surface area contributed by atoms with Crippen LogP contribution < -0.4 is 10.6 Å². The molecule has 2 N–H and O–H groups in total. The van der Waals surface area contributed by atoms with Crippen LogP contribution in [0.2, 0.25) is 0 Å². The van der Waals surface area contributed by atoms with Gasteiger partial charge in [0.2, 0.25) is 5.95 Å². The second-order valence-electron chi connectivity index (χ2n) is 5.55. The van der Waals surface area contributed by atoms with Gasteiger partial charge in [-0.25, -0.2) is 14.1 Å². The van der Waals surface area contributed by atoms with Crippen molar-refractivity contribution in [3.8, 4) is 0 Å². The molecular weight excluding hydrogens is 382 g/mol. The summed E-state index contributed by atoms with van der Waals surface area (Å²) in [6, 6.07) is 10.6. The minimum absolute atomic E-state index is 0.122. The predicted octanol–water partition coefficient (Wildman–Crippen LogP) is 4.29. The quantitative estimate of drug-likeness (QED) is 0.510. The molecule has 0 atom stereocenters. The van der Waals surface area contributed by atoms with Crippen LogP contribution in [0.1, 0.15) is 11.1 Å². The van der Waals surface area contributed by atoms with Gasteiger partial charge in [-0.15, -0.1) is 5.10 Å². The zero-order valence-corrected chi connectivity index (χ0v) is 14.5. The van der Waals surface area contributed by atoms with Crippen LogP contribution in [0.3, 0.4) is 0 Å². The van der Waals surface area contributed by atoms with E-state index in [1.54, 1.807) is 6.07 Å². The molecule has 0 radical (unpaired) electrons. The van der Waals surface area contributed by atoms with Crippen LogP contribution in [0, 0.1) is 5.82 Å². The predicted molar refractivity (Wildman–Crippen MR) is 96.8 cm³/mol. The maximum atomic E-state index is 12.9. The molecule has 0 aliphatic carbocycles. The number of hydrogen-bond donors (Lipinski definition) is 2. The second kappa shape index (κ2) is 7.70. The van der Waals surface area contributed by atoms with Crippen molar-refractivity contribution < 1.29 is 17.6 Å². The topological polar surface area (TPSA) is 54.8 Å². The van der Waals surface area contributed by atoms with Gasteiger partial charge in [0.25, 0.3) is 0 Å². The fourth-order valence-electron chi connectivity index (χ4n) is 2.26. The first-order valence-corrected chi connectivity index (χ1v) is 8.09. The zero-order chi connectivity index (χ0) is 19.4. The van der Waals surface area contributed by atoms with E-state index in [0.717, 1.165) is 12.1 Å². The number of rotatable bonds is 4. The molecule has 0 fully saturated rings. The Hall–Kier alpha value is -3.01. The molecule has 1 heterocycles. The third-order valence-corrected chi connectivity index (χ3v) is 3.67. The fraction of sp³-hybridized carbons (Fsp3) is 0.118. The van der Waals surface area contributed by atoms with Gasteiger partial charge in [-0.1, -0.05) is 12.1 Å². The highest BCUT2D eigenvalue weighted by molar-refractivity contribution is 7.80. The first-order chi connectivity index (χ1) is 12.8. The van der Waals surface area contributed by atoms with Gasteiger partial charge in [0, 0.05) is 5.69 Å². The van der Waals surface area contributed by atoms with Gasteiger partial charge >= 0.3 is 6.18 Å². The monoisotopic (exact) mass is 395 g/mol. The standard InChI is InChI=1S/C17H13F4N5S/c18-13-4-6-14(7-5-13)23-16(27)24-15-22-10-26(25-15)9-11-2-1-3-12(8-11)17(19,20)21/h1-8,10H,9H2,(H2,23,24,25,27). The molecule has 0 unspecified atom stereocenters. The smallest absolute Gasteiger partial charge is 0.332 e. The molecule has 0 aliphatic rings. The number of halogens is 4. The Bertz CT molecular complexity index is 937. The van der Waals surface area contributed by atoms with Gasteiger partial charge in [0.15, 0.2) is 5.11 Å².